The predicted molar refractivity (Wildman–Crippen MR) is 158 cm³/mol. The molecule has 0 spiro atoms. The number of fused-ring (bicyclic) bond motifs is 3. The Morgan fingerprint density at radius 3 is 2.59 bits per heavy atom. The highest BCUT2D eigenvalue weighted by molar-refractivity contribution is 9.10. The standard InChI is InChI=1S/C32H26BrN3O3/c33-29-18-22(10-17-31(29)39-20-21-8-15-25(16-9-21)36(37)38)19-34-24-13-11-23(12-14-24)32-28-6-3-5-26(28)27-4-1-2-7-30(27)35-32/h1-5,7-19,26,28,32,35H,6,20H2/t26-,28-,32+/m1/s1. The van der Waals surface area contributed by atoms with E-state index in [0.717, 1.165) is 27.7 Å². The van der Waals surface area contributed by atoms with E-state index in [-0.39, 0.29) is 11.7 Å². The summed E-state index contributed by atoms with van der Waals surface area (Å²) in [4.78, 5) is 15.1. The number of hydrogen-bond acceptors (Lipinski definition) is 5. The van der Waals surface area contributed by atoms with Crippen molar-refractivity contribution in [2.24, 2.45) is 10.9 Å². The van der Waals surface area contributed by atoms with Crippen LogP contribution in [-0.4, -0.2) is 11.1 Å². The highest BCUT2D eigenvalue weighted by atomic mass is 79.9. The molecule has 2 aliphatic rings. The van der Waals surface area contributed by atoms with Gasteiger partial charge in [-0.15, -0.1) is 0 Å². The van der Waals surface area contributed by atoms with Crippen LogP contribution in [0.3, 0.4) is 0 Å². The fraction of sp³-hybridized carbons (Fsp3) is 0.156. The van der Waals surface area contributed by atoms with Gasteiger partial charge < -0.3 is 10.1 Å². The van der Waals surface area contributed by atoms with Gasteiger partial charge in [-0.1, -0.05) is 42.5 Å². The Hall–Kier alpha value is -4.23. The molecule has 0 aromatic heterocycles. The number of aliphatic imine (C=N–C) groups is 1. The van der Waals surface area contributed by atoms with Crippen LogP contribution in [-0.2, 0) is 6.61 Å². The van der Waals surface area contributed by atoms with E-state index >= 15 is 0 Å². The average Bonchev–Trinajstić information content (AvgIpc) is 3.46. The molecule has 1 heterocycles. The number of nitrogens with one attached hydrogen (secondary N) is 1. The third kappa shape index (κ3) is 5.36. The van der Waals surface area contributed by atoms with Gasteiger partial charge in [0.05, 0.1) is 21.1 Å². The zero-order valence-electron chi connectivity index (χ0n) is 21.0. The molecule has 39 heavy (non-hydrogen) atoms. The number of anilines is 1. The molecule has 0 radical (unpaired) electrons. The maximum Gasteiger partial charge on any atom is 0.269 e. The molecule has 0 saturated heterocycles. The lowest BCUT2D eigenvalue weighted by atomic mass is 9.77. The Kier molecular flexibility index (Phi) is 6.99. The SMILES string of the molecule is O=[N+]([O-])c1ccc(COc2ccc(C=Nc3ccc([C@@H]4Nc5ccccc5[C@H]5C=CC[C@H]54)cc3)cc2Br)cc1. The van der Waals surface area contributed by atoms with Crippen molar-refractivity contribution < 1.29 is 9.66 Å². The molecule has 194 valence electrons. The largest absolute Gasteiger partial charge is 0.488 e. The van der Waals surface area contributed by atoms with Crippen LogP contribution in [0.1, 0.15) is 40.6 Å². The number of nitrogens with zero attached hydrogens (tertiary/aromatic N) is 2. The first-order valence-corrected chi connectivity index (χ1v) is 13.7. The predicted octanol–water partition coefficient (Wildman–Crippen LogP) is 8.51. The highest BCUT2D eigenvalue weighted by Gasteiger charge is 2.37. The van der Waals surface area contributed by atoms with Crippen LogP contribution < -0.4 is 10.1 Å². The van der Waals surface area contributed by atoms with E-state index in [9.17, 15) is 10.1 Å². The Balaban J connectivity index is 1.10. The van der Waals surface area contributed by atoms with E-state index in [2.05, 4.69) is 86.9 Å². The topological polar surface area (TPSA) is 76.8 Å². The van der Waals surface area contributed by atoms with E-state index in [0.29, 0.717) is 24.2 Å². The number of nitro groups is 1. The van der Waals surface area contributed by atoms with Crippen LogP contribution in [0.15, 0.2) is 113 Å². The van der Waals surface area contributed by atoms with E-state index in [1.54, 1.807) is 12.1 Å². The van der Waals surface area contributed by atoms with Crippen molar-refractivity contribution in [2.45, 2.75) is 25.0 Å². The second kappa shape index (κ2) is 10.9. The molecule has 4 aromatic carbocycles. The summed E-state index contributed by atoms with van der Waals surface area (Å²) >= 11 is 3.58. The van der Waals surface area contributed by atoms with Crippen molar-refractivity contribution in [2.75, 3.05) is 5.32 Å². The van der Waals surface area contributed by atoms with Gasteiger partial charge in [-0.25, -0.2) is 0 Å². The summed E-state index contributed by atoms with van der Waals surface area (Å²) in [5, 5.41) is 14.6. The summed E-state index contributed by atoms with van der Waals surface area (Å²) in [5.41, 5.74) is 6.65. The number of halogens is 1. The number of benzene rings is 4. The summed E-state index contributed by atoms with van der Waals surface area (Å²) in [6.45, 7) is 0.315. The van der Waals surface area contributed by atoms with Gasteiger partial charge in [-0.3, -0.25) is 15.1 Å². The highest BCUT2D eigenvalue weighted by Crippen LogP contribution is 2.49. The normalized spacial score (nSPS) is 19.4. The van der Waals surface area contributed by atoms with Crippen molar-refractivity contribution in [1.29, 1.82) is 0 Å². The van der Waals surface area contributed by atoms with Gasteiger partial charge in [0.25, 0.3) is 5.69 Å². The van der Waals surface area contributed by atoms with Gasteiger partial charge in [0.2, 0.25) is 0 Å². The number of hydrogen-bond donors (Lipinski definition) is 1. The summed E-state index contributed by atoms with van der Waals surface area (Å²) in [6.07, 6.45) is 7.60. The minimum absolute atomic E-state index is 0.0643. The Morgan fingerprint density at radius 2 is 1.82 bits per heavy atom. The summed E-state index contributed by atoms with van der Waals surface area (Å²) in [7, 11) is 0. The number of para-hydroxylation sites is 1. The second-order valence-electron chi connectivity index (χ2n) is 9.81. The van der Waals surface area contributed by atoms with Crippen LogP contribution >= 0.6 is 15.9 Å². The van der Waals surface area contributed by atoms with E-state index < -0.39 is 4.92 Å². The monoisotopic (exact) mass is 579 g/mol. The lowest BCUT2D eigenvalue weighted by molar-refractivity contribution is -0.384. The summed E-state index contributed by atoms with van der Waals surface area (Å²) in [5.74, 6) is 1.67. The molecule has 6 rings (SSSR count). The van der Waals surface area contributed by atoms with Crippen molar-refractivity contribution >= 4 is 39.2 Å². The van der Waals surface area contributed by atoms with Gasteiger partial charge in [0.1, 0.15) is 12.4 Å². The molecule has 0 fully saturated rings. The van der Waals surface area contributed by atoms with Crippen LogP contribution in [0.2, 0.25) is 0 Å². The van der Waals surface area contributed by atoms with Crippen LogP contribution in [0.25, 0.3) is 0 Å². The fourth-order valence-corrected chi connectivity index (χ4v) is 5.89. The van der Waals surface area contributed by atoms with Gasteiger partial charge in [0.15, 0.2) is 0 Å². The maximum absolute atomic E-state index is 10.8. The van der Waals surface area contributed by atoms with Crippen LogP contribution in [0, 0.1) is 16.0 Å². The van der Waals surface area contributed by atoms with Crippen molar-refractivity contribution in [1.82, 2.24) is 0 Å². The maximum atomic E-state index is 10.8. The van der Waals surface area contributed by atoms with Crippen LogP contribution in [0.5, 0.6) is 5.75 Å². The van der Waals surface area contributed by atoms with Crippen molar-refractivity contribution in [3.05, 3.63) is 140 Å². The number of ether oxygens (including phenoxy) is 1. The molecule has 1 aliphatic heterocycles. The van der Waals surface area contributed by atoms with E-state index in [1.165, 1.54) is 28.9 Å². The molecule has 0 amide bonds. The molecular weight excluding hydrogens is 554 g/mol. The van der Waals surface area contributed by atoms with Gasteiger partial charge in [0, 0.05) is 30.0 Å². The third-order valence-corrected chi connectivity index (χ3v) is 8.00. The summed E-state index contributed by atoms with van der Waals surface area (Å²) < 4.78 is 6.70. The smallest absolute Gasteiger partial charge is 0.269 e. The lowest BCUT2D eigenvalue weighted by Crippen LogP contribution is -2.28. The molecule has 6 nitrogen and oxygen atoms in total. The third-order valence-electron chi connectivity index (χ3n) is 7.38. The van der Waals surface area contributed by atoms with Gasteiger partial charge in [-0.05, 0) is 99.1 Å². The zero-order valence-corrected chi connectivity index (χ0v) is 22.6. The molecule has 1 aliphatic carbocycles. The fourth-order valence-electron chi connectivity index (χ4n) is 5.38. The van der Waals surface area contributed by atoms with Crippen LogP contribution in [0.4, 0.5) is 17.1 Å². The Morgan fingerprint density at radius 1 is 1.03 bits per heavy atom. The molecule has 0 bridgehead atoms. The number of allylic oxidation sites excluding steroid dienone is 2. The second-order valence-corrected chi connectivity index (χ2v) is 10.7. The lowest BCUT2D eigenvalue weighted by Gasteiger charge is -2.37. The molecular formula is C32H26BrN3O3. The van der Waals surface area contributed by atoms with E-state index in [4.69, 9.17) is 4.74 Å². The quantitative estimate of drug-likeness (QED) is 0.103. The molecule has 3 atom stereocenters. The van der Waals surface area contributed by atoms with Gasteiger partial charge >= 0.3 is 0 Å². The molecule has 0 saturated carbocycles. The summed E-state index contributed by atoms with van der Waals surface area (Å²) in [6, 6.07) is 29.5. The molecule has 1 N–H and O–H groups in total. The molecule has 4 aromatic rings. The first kappa shape index (κ1) is 25.1. The minimum atomic E-state index is -0.412. The number of rotatable bonds is 7. The number of non-ortho nitro benzene ring substituents is 1. The van der Waals surface area contributed by atoms with Crippen molar-refractivity contribution in [3.63, 3.8) is 0 Å². The minimum Gasteiger partial charge on any atom is -0.488 e. The Bertz CT molecular complexity index is 1560. The Labute approximate surface area is 235 Å². The van der Waals surface area contributed by atoms with Crippen molar-refractivity contribution in [3.8, 4) is 5.75 Å². The number of nitro benzene ring substituents is 1. The zero-order chi connectivity index (χ0) is 26.8. The molecule has 0 unspecified atom stereocenters. The molecule has 7 heteroatoms. The average molecular weight is 580 g/mol. The van der Waals surface area contributed by atoms with E-state index in [1.807, 2.05) is 24.4 Å². The van der Waals surface area contributed by atoms with Gasteiger partial charge in [-0.2, -0.15) is 0 Å². The first-order valence-electron chi connectivity index (χ1n) is 12.9. The first-order chi connectivity index (χ1) is 19.0.